The lowest BCUT2D eigenvalue weighted by atomic mass is 10.2. The van der Waals surface area contributed by atoms with Crippen LogP contribution in [-0.4, -0.2) is 24.9 Å². The lowest BCUT2D eigenvalue weighted by Crippen LogP contribution is -2.22. The molecule has 2 unspecified atom stereocenters. The molecule has 1 aromatic rings. The van der Waals surface area contributed by atoms with Gasteiger partial charge in [0.05, 0.1) is 21.2 Å². The van der Waals surface area contributed by atoms with Gasteiger partial charge in [0, 0.05) is 12.6 Å². The summed E-state index contributed by atoms with van der Waals surface area (Å²) in [6.45, 7) is 7.85. The van der Waals surface area contributed by atoms with Crippen LogP contribution in [-0.2, 0) is 11.3 Å². The molecule has 3 nitrogen and oxygen atoms in total. The number of benzene rings is 1. The van der Waals surface area contributed by atoms with Crippen molar-refractivity contribution in [2.45, 2.75) is 58.4 Å². The van der Waals surface area contributed by atoms with Gasteiger partial charge in [-0.3, -0.25) is 0 Å². The zero-order valence-corrected chi connectivity index (χ0v) is 16.0. The fraction of sp³-hybridized carbons (Fsp3) is 0.625. The van der Waals surface area contributed by atoms with Crippen molar-refractivity contribution < 1.29 is 9.47 Å². The van der Waals surface area contributed by atoms with Crippen molar-refractivity contribution in [1.82, 2.24) is 5.32 Å². The van der Waals surface area contributed by atoms with E-state index >= 15 is 0 Å². The monoisotopic (exact) mass is 419 g/mol. The Balaban J connectivity index is 1.96. The van der Waals surface area contributed by atoms with Crippen molar-refractivity contribution in [3.05, 3.63) is 26.6 Å². The maximum Gasteiger partial charge on any atom is 0.147 e. The second-order valence-corrected chi connectivity index (χ2v) is 7.59. The van der Waals surface area contributed by atoms with Gasteiger partial charge >= 0.3 is 0 Å². The molecule has 2 atom stereocenters. The topological polar surface area (TPSA) is 30.5 Å². The molecule has 5 heteroatoms. The smallest absolute Gasteiger partial charge is 0.147 e. The Kier molecular flexibility index (Phi) is 6.53. The third kappa shape index (κ3) is 5.23. The van der Waals surface area contributed by atoms with Gasteiger partial charge in [0.2, 0.25) is 0 Å². The number of hydrogen-bond donors (Lipinski definition) is 1. The van der Waals surface area contributed by atoms with Crippen molar-refractivity contribution in [3.8, 4) is 5.75 Å². The highest BCUT2D eigenvalue weighted by Crippen LogP contribution is 2.35. The normalized spacial score (nSPS) is 22.0. The molecule has 1 aliphatic rings. The average molecular weight is 421 g/mol. The van der Waals surface area contributed by atoms with Gasteiger partial charge in [-0.1, -0.05) is 13.8 Å². The first-order valence-electron chi connectivity index (χ1n) is 7.45. The van der Waals surface area contributed by atoms with Crippen molar-refractivity contribution in [1.29, 1.82) is 0 Å². The highest BCUT2D eigenvalue weighted by molar-refractivity contribution is 9.11. The first-order chi connectivity index (χ1) is 9.95. The molecule has 0 bridgehead atoms. The zero-order chi connectivity index (χ0) is 15.4. The van der Waals surface area contributed by atoms with Crippen LogP contribution in [0.2, 0.25) is 0 Å². The summed E-state index contributed by atoms with van der Waals surface area (Å²) in [6, 6.07) is 4.68. The summed E-state index contributed by atoms with van der Waals surface area (Å²) < 4.78 is 13.7. The minimum absolute atomic E-state index is 0.209. The van der Waals surface area contributed by atoms with Gasteiger partial charge in [0.1, 0.15) is 12.4 Å². The van der Waals surface area contributed by atoms with E-state index in [-0.39, 0.29) is 6.10 Å². The molecule has 2 rings (SSSR count). The Labute approximate surface area is 144 Å². The van der Waals surface area contributed by atoms with Gasteiger partial charge in [-0.05, 0) is 69.3 Å². The van der Waals surface area contributed by atoms with Crippen LogP contribution >= 0.6 is 31.9 Å². The quantitative estimate of drug-likeness (QED) is 0.726. The van der Waals surface area contributed by atoms with Gasteiger partial charge in [-0.2, -0.15) is 0 Å². The van der Waals surface area contributed by atoms with Gasteiger partial charge in [0.15, 0.2) is 0 Å². The average Bonchev–Trinajstić information content (AvgIpc) is 2.81. The standard InChI is InChI=1S/C16H23Br2NO2/c1-10(2)19-8-12-6-14(17)16(15(18)7-12)20-9-13-5-4-11(3)21-13/h6-7,10-11,13,19H,4-5,8-9H2,1-3H3. The third-order valence-corrected chi connectivity index (χ3v) is 4.68. The van der Waals surface area contributed by atoms with Crippen LogP contribution in [0.25, 0.3) is 0 Å². The minimum Gasteiger partial charge on any atom is -0.489 e. The van der Waals surface area contributed by atoms with E-state index in [0.717, 1.165) is 34.1 Å². The van der Waals surface area contributed by atoms with Crippen LogP contribution in [0.3, 0.4) is 0 Å². The van der Waals surface area contributed by atoms with E-state index in [0.29, 0.717) is 18.8 Å². The summed E-state index contributed by atoms with van der Waals surface area (Å²) in [6.07, 6.45) is 2.76. The summed E-state index contributed by atoms with van der Waals surface area (Å²) in [5, 5.41) is 3.41. The predicted molar refractivity (Wildman–Crippen MR) is 92.9 cm³/mol. The number of rotatable bonds is 6. The summed E-state index contributed by atoms with van der Waals surface area (Å²) in [5.74, 6) is 0.853. The third-order valence-electron chi connectivity index (χ3n) is 3.51. The van der Waals surface area contributed by atoms with Crippen LogP contribution in [0, 0.1) is 0 Å². The first kappa shape index (κ1) is 17.3. The Morgan fingerprint density at radius 1 is 1.29 bits per heavy atom. The maximum absolute atomic E-state index is 5.94. The van der Waals surface area contributed by atoms with Crippen molar-refractivity contribution >= 4 is 31.9 Å². The molecule has 0 amide bonds. The van der Waals surface area contributed by atoms with Crippen LogP contribution in [0.1, 0.15) is 39.2 Å². The van der Waals surface area contributed by atoms with E-state index in [9.17, 15) is 0 Å². The lowest BCUT2D eigenvalue weighted by molar-refractivity contribution is 0.0261. The van der Waals surface area contributed by atoms with E-state index in [4.69, 9.17) is 9.47 Å². The fourth-order valence-corrected chi connectivity index (χ4v) is 3.87. The number of halogens is 2. The Morgan fingerprint density at radius 3 is 2.48 bits per heavy atom. The van der Waals surface area contributed by atoms with E-state index in [2.05, 4.69) is 70.1 Å². The van der Waals surface area contributed by atoms with E-state index in [1.54, 1.807) is 0 Å². The molecule has 0 radical (unpaired) electrons. The van der Waals surface area contributed by atoms with Crippen LogP contribution in [0.4, 0.5) is 0 Å². The minimum atomic E-state index is 0.209. The summed E-state index contributed by atoms with van der Waals surface area (Å²) >= 11 is 7.21. The molecular weight excluding hydrogens is 398 g/mol. The molecule has 0 spiro atoms. The molecule has 0 saturated carbocycles. The lowest BCUT2D eigenvalue weighted by Gasteiger charge is -2.16. The van der Waals surface area contributed by atoms with Crippen LogP contribution < -0.4 is 10.1 Å². The van der Waals surface area contributed by atoms with E-state index in [1.807, 2.05) is 0 Å². The van der Waals surface area contributed by atoms with Crippen LogP contribution in [0.15, 0.2) is 21.1 Å². The molecule has 1 heterocycles. The Hall–Kier alpha value is -0.100. The molecule has 1 aliphatic heterocycles. The molecule has 1 saturated heterocycles. The molecule has 0 aromatic heterocycles. The van der Waals surface area contributed by atoms with Crippen molar-refractivity contribution in [2.75, 3.05) is 6.61 Å². The zero-order valence-electron chi connectivity index (χ0n) is 12.8. The van der Waals surface area contributed by atoms with E-state index in [1.165, 1.54) is 5.56 Å². The van der Waals surface area contributed by atoms with Gasteiger partial charge in [-0.25, -0.2) is 0 Å². The summed E-state index contributed by atoms with van der Waals surface area (Å²) in [4.78, 5) is 0. The second kappa shape index (κ2) is 7.95. The van der Waals surface area contributed by atoms with E-state index < -0.39 is 0 Å². The predicted octanol–water partition coefficient (Wildman–Crippen LogP) is 4.66. The summed E-state index contributed by atoms with van der Waals surface area (Å²) in [7, 11) is 0. The van der Waals surface area contributed by atoms with Gasteiger partial charge < -0.3 is 14.8 Å². The fourth-order valence-electron chi connectivity index (χ4n) is 2.36. The highest BCUT2D eigenvalue weighted by Gasteiger charge is 2.23. The van der Waals surface area contributed by atoms with Crippen molar-refractivity contribution in [2.24, 2.45) is 0 Å². The number of ether oxygens (including phenoxy) is 2. The molecule has 118 valence electrons. The molecule has 0 aliphatic carbocycles. The maximum atomic E-state index is 5.94. The van der Waals surface area contributed by atoms with Crippen molar-refractivity contribution in [3.63, 3.8) is 0 Å². The summed E-state index contributed by atoms with van der Waals surface area (Å²) in [5.41, 5.74) is 1.22. The number of hydrogen-bond acceptors (Lipinski definition) is 3. The SMILES string of the molecule is CC(C)NCc1cc(Br)c(OCC2CCC(C)O2)c(Br)c1. The number of nitrogens with one attached hydrogen (secondary N) is 1. The molecule has 1 aromatic carbocycles. The van der Waals surface area contributed by atoms with Gasteiger partial charge in [-0.15, -0.1) is 0 Å². The molecule has 1 N–H and O–H groups in total. The molecule has 21 heavy (non-hydrogen) atoms. The molecule has 1 fully saturated rings. The highest BCUT2D eigenvalue weighted by atomic mass is 79.9. The Bertz CT molecular complexity index is 456. The first-order valence-corrected chi connectivity index (χ1v) is 9.04. The second-order valence-electron chi connectivity index (χ2n) is 5.88. The Morgan fingerprint density at radius 2 is 1.95 bits per heavy atom. The molecular formula is C16H23Br2NO2. The van der Waals surface area contributed by atoms with Crippen LogP contribution in [0.5, 0.6) is 5.75 Å². The largest absolute Gasteiger partial charge is 0.489 e. The van der Waals surface area contributed by atoms with Gasteiger partial charge in [0.25, 0.3) is 0 Å².